The van der Waals surface area contributed by atoms with Crippen LogP contribution in [0.2, 0.25) is 0 Å². The van der Waals surface area contributed by atoms with Crippen molar-refractivity contribution in [1.29, 1.82) is 0 Å². The molecule has 0 radical (unpaired) electrons. The zero-order valence-corrected chi connectivity index (χ0v) is 13.8. The fraction of sp³-hybridized carbons (Fsp3) is 0.357. The number of hydrazine groups is 2. The predicted molar refractivity (Wildman–Crippen MR) is 86.9 cm³/mol. The number of hydrogen-bond acceptors (Lipinski definition) is 9. The Hall–Kier alpha value is -3.45. The third-order valence-electron chi connectivity index (χ3n) is 3.15. The largest absolute Gasteiger partial charge is 0.481 e. The van der Waals surface area contributed by atoms with Crippen molar-refractivity contribution in [2.45, 2.75) is 31.3 Å². The van der Waals surface area contributed by atoms with Gasteiger partial charge in [-0.25, -0.2) is 10.9 Å². The molecule has 0 aromatic rings. The summed E-state index contributed by atoms with van der Waals surface area (Å²) >= 11 is 0. The first-order valence-electron chi connectivity index (χ1n) is 7.50. The van der Waals surface area contributed by atoms with E-state index in [1.54, 1.807) is 0 Å². The Morgan fingerprint density at radius 2 is 1.44 bits per heavy atom. The molecule has 0 unspecified atom stereocenters. The van der Waals surface area contributed by atoms with Gasteiger partial charge in [-0.05, 0) is 0 Å². The molecule has 0 saturated carbocycles. The number of nitrogens with one attached hydrogen (secondary N) is 4. The van der Waals surface area contributed by atoms with Crippen molar-refractivity contribution in [3.63, 3.8) is 0 Å². The lowest BCUT2D eigenvalue weighted by Crippen LogP contribution is -2.48. The number of amides is 2. The van der Waals surface area contributed by atoms with Crippen molar-refractivity contribution < 1.29 is 39.0 Å². The molecule has 2 atom stereocenters. The van der Waals surface area contributed by atoms with Gasteiger partial charge in [-0.1, -0.05) is 0 Å². The highest BCUT2D eigenvalue weighted by Gasteiger charge is 2.25. The molecule has 1 aliphatic rings. The molecule has 1 rings (SSSR count). The van der Waals surface area contributed by atoms with Crippen LogP contribution in [0.15, 0.2) is 16.3 Å². The summed E-state index contributed by atoms with van der Waals surface area (Å²) in [5, 5.41) is 17.2. The maximum atomic E-state index is 12.1. The standard InChI is InChI=1S/C14H17N5O8/c20-5-7(3-10(22)23)16-18-13(26)9-1-2-15-12(9)14(27)19-17-8(6-21)4-11(24)25/h2,5-8,16-17H,1,3-4H2,(H,18,26)(H,19,27)(H,22,23)(H,24,25)/t7-,8-/m0/s1. The number of carboxylic acids is 2. The average molecular weight is 383 g/mol. The van der Waals surface area contributed by atoms with Crippen LogP contribution >= 0.6 is 0 Å². The summed E-state index contributed by atoms with van der Waals surface area (Å²) in [4.78, 5) is 70.5. The van der Waals surface area contributed by atoms with E-state index < -0.39 is 48.7 Å². The fourth-order valence-corrected chi connectivity index (χ4v) is 1.89. The Kier molecular flexibility index (Phi) is 8.41. The molecule has 0 fully saturated rings. The van der Waals surface area contributed by atoms with E-state index in [4.69, 9.17) is 10.2 Å². The molecule has 13 heteroatoms. The van der Waals surface area contributed by atoms with Crippen LogP contribution in [0.4, 0.5) is 0 Å². The van der Waals surface area contributed by atoms with E-state index in [2.05, 4.69) is 26.7 Å². The van der Waals surface area contributed by atoms with Crippen molar-refractivity contribution in [3.05, 3.63) is 11.3 Å². The first-order chi connectivity index (χ1) is 12.8. The Balaban J connectivity index is 2.68. The first kappa shape index (κ1) is 21.6. The smallest absolute Gasteiger partial charge is 0.305 e. The second-order valence-corrected chi connectivity index (χ2v) is 5.22. The van der Waals surface area contributed by atoms with Crippen LogP contribution in [0.5, 0.6) is 0 Å². The lowest BCUT2D eigenvalue weighted by Gasteiger charge is -2.14. The van der Waals surface area contributed by atoms with E-state index in [9.17, 15) is 28.8 Å². The van der Waals surface area contributed by atoms with Gasteiger partial charge < -0.3 is 19.8 Å². The second kappa shape index (κ2) is 10.5. The molecular formula is C14H17N5O8. The van der Waals surface area contributed by atoms with E-state index >= 15 is 0 Å². The number of carbonyl (C=O) groups is 6. The van der Waals surface area contributed by atoms with Crippen molar-refractivity contribution >= 4 is 42.5 Å². The van der Waals surface area contributed by atoms with Gasteiger partial charge in [0.15, 0.2) is 0 Å². The third kappa shape index (κ3) is 7.13. The minimum Gasteiger partial charge on any atom is -0.481 e. The predicted octanol–water partition coefficient (Wildman–Crippen LogP) is -2.96. The van der Waals surface area contributed by atoms with Crippen molar-refractivity contribution in [2.24, 2.45) is 4.99 Å². The van der Waals surface area contributed by atoms with Gasteiger partial charge in [-0.2, -0.15) is 0 Å². The summed E-state index contributed by atoms with van der Waals surface area (Å²) in [5.41, 5.74) is 8.24. The molecule has 1 aliphatic heterocycles. The van der Waals surface area contributed by atoms with Crippen LogP contribution in [0.3, 0.4) is 0 Å². The topological polar surface area (TPSA) is 203 Å². The normalized spacial score (nSPS) is 15.0. The molecule has 0 aromatic heterocycles. The summed E-state index contributed by atoms with van der Waals surface area (Å²) < 4.78 is 0. The van der Waals surface area contributed by atoms with Crippen LogP contribution in [-0.4, -0.2) is 64.8 Å². The van der Waals surface area contributed by atoms with Crippen LogP contribution in [-0.2, 0) is 28.8 Å². The van der Waals surface area contributed by atoms with Gasteiger partial charge in [0.05, 0.1) is 30.5 Å². The van der Waals surface area contributed by atoms with Gasteiger partial charge in [0.2, 0.25) is 0 Å². The molecule has 0 aliphatic carbocycles. The summed E-state index contributed by atoms with van der Waals surface area (Å²) in [7, 11) is 0. The van der Waals surface area contributed by atoms with Crippen LogP contribution in [0.25, 0.3) is 0 Å². The minimum atomic E-state index is -1.26. The van der Waals surface area contributed by atoms with Gasteiger partial charge in [0.1, 0.15) is 18.3 Å². The van der Waals surface area contributed by atoms with E-state index in [1.807, 2.05) is 0 Å². The lowest BCUT2D eigenvalue weighted by molar-refractivity contribution is -0.139. The molecule has 146 valence electrons. The molecule has 0 saturated heterocycles. The number of aliphatic carboxylic acids is 2. The van der Waals surface area contributed by atoms with Crippen LogP contribution < -0.4 is 21.7 Å². The molecule has 0 aromatic carbocycles. The summed E-state index contributed by atoms with van der Waals surface area (Å²) in [6.45, 7) is 0. The second-order valence-electron chi connectivity index (χ2n) is 5.22. The zero-order chi connectivity index (χ0) is 20.4. The minimum absolute atomic E-state index is 0.00676. The Morgan fingerprint density at radius 1 is 0.963 bits per heavy atom. The SMILES string of the molecule is O=C[C@H](CC(=O)O)NNC(=O)C1=C(C(=O)NN[C@H](C=O)CC(=O)O)N=CC1. The monoisotopic (exact) mass is 383 g/mol. The highest BCUT2D eigenvalue weighted by atomic mass is 16.4. The van der Waals surface area contributed by atoms with Gasteiger partial charge in [-0.3, -0.25) is 35.0 Å². The average Bonchev–Trinajstić information content (AvgIpc) is 3.10. The van der Waals surface area contributed by atoms with E-state index in [0.29, 0.717) is 12.6 Å². The molecule has 0 spiro atoms. The Labute approximate surface area is 151 Å². The fourth-order valence-electron chi connectivity index (χ4n) is 1.89. The van der Waals surface area contributed by atoms with Gasteiger partial charge in [0.25, 0.3) is 11.8 Å². The van der Waals surface area contributed by atoms with Gasteiger partial charge in [-0.15, -0.1) is 0 Å². The molecule has 6 N–H and O–H groups in total. The van der Waals surface area contributed by atoms with Gasteiger partial charge in [0, 0.05) is 12.6 Å². The third-order valence-corrected chi connectivity index (χ3v) is 3.15. The maximum Gasteiger partial charge on any atom is 0.305 e. The maximum absolute atomic E-state index is 12.1. The highest BCUT2D eigenvalue weighted by molar-refractivity contribution is 6.08. The first-order valence-corrected chi connectivity index (χ1v) is 7.50. The number of aldehydes is 2. The Morgan fingerprint density at radius 3 is 1.89 bits per heavy atom. The van der Waals surface area contributed by atoms with E-state index in [0.717, 1.165) is 0 Å². The number of hydrogen-bond donors (Lipinski definition) is 6. The number of aliphatic imine (C=N–C) groups is 1. The number of carboxylic acid groups (broad SMARTS) is 2. The Bertz CT molecular complexity index is 702. The number of carbonyl (C=O) groups excluding carboxylic acids is 4. The van der Waals surface area contributed by atoms with Crippen molar-refractivity contribution in [1.82, 2.24) is 21.7 Å². The molecule has 1 heterocycles. The van der Waals surface area contributed by atoms with Crippen molar-refractivity contribution in [3.8, 4) is 0 Å². The highest BCUT2D eigenvalue weighted by Crippen LogP contribution is 2.16. The van der Waals surface area contributed by atoms with E-state index in [1.165, 1.54) is 6.21 Å². The summed E-state index contributed by atoms with van der Waals surface area (Å²) in [5.74, 6) is -4.21. The lowest BCUT2D eigenvalue weighted by atomic mass is 10.1. The molecule has 0 bridgehead atoms. The number of rotatable bonds is 12. The number of nitrogens with zero attached hydrogens (tertiary/aromatic N) is 1. The van der Waals surface area contributed by atoms with Gasteiger partial charge >= 0.3 is 11.9 Å². The molecular weight excluding hydrogens is 366 g/mol. The molecule has 13 nitrogen and oxygen atoms in total. The van der Waals surface area contributed by atoms with Crippen LogP contribution in [0.1, 0.15) is 19.3 Å². The quantitative estimate of drug-likeness (QED) is 0.149. The summed E-state index contributed by atoms with van der Waals surface area (Å²) in [6, 6.07) is -2.35. The molecule has 2 amide bonds. The summed E-state index contributed by atoms with van der Waals surface area (Å²) in [6.07, 6.45) is 0.723. The van der Waals surface area contributed by atoms with E-state index in [-0.39, 0.29) is 17.7 Å². The molecule has 27 heavy (non-hydrogen) atoms. The van der Waals surface area contributed by atoms with Crippen LogP contribution in [0, 0.1) is 0 Å². The van der Waals surface area contributed by atoms with Crippen molar-refractivity contribution in [2.75, 3.05) is 0 Å². The zero-order valence-electron chi connectivity index (χ0n) is 13.8.